The summed E-state index contributed by atoms with van der Waals surface area (Å²) in [6.07, 6.45) is 2.38. The van der Waals surface area contributed by atoms with Crippen molar-refractivity contribution in [1.82, 2.24) is 29.1 Å². The lowest BCUT2D eigenvalue weighted by molar-refractivity contribution is -0.137. The predicted molar refractivity (Wildman–Crippen MR) is 370 cm³/mol. The molecular formula is C83H49F3N8. The molecule has 0 bridgehead atoms. The minimum absolute atomic E-state index is 0.0690. The summed E-state index contributed by atoms with van der Waals surface area (Å²) >= 11 is 0. The molecule has 8 nitrogen and oxygen atoms in total. The van der Waals surface area contributed by atoms with Crippen LogP contribution in [0.5, 0.6) is 0 Å². The molecule has 0 atom stereocenters. The summed E-state index contributed by atoms with van der Waals surface area (Å²) in [6.45, 7) is 0. The highest BCUT2D eigenvalue weighted by molar-refractivity contribution is 6.13. The molecule has 0 fully saturated rings. The number of hydrogen-bond acceptors (Lipinski definition) is 6. The second-order valence-corrected chi connectivity index (χ2v) is 23.1. The monoisotopic (exact) mass is 1210 g/mol. The lowest BCUT2D eigenvalue weighted by atomic mass is 9.91. The Morgan fingerprint density at radius 3 is 0.904 bits per heavy atom. The molecule has 6 aromatic heterocycles. The largest absolute Gasteiger partial charge is 0.417 e. The third-order valence-corrected chi connectivity index (χ3v) is 17.7. The fourth-order valence-corrected chi connectivity index (χ4v) is 13.1. The van der Waals surface area contributed by atoms with E-state index >= 15 is 13.2 Å². The highest BCUT2D eigenvalue weighted by Gasteiger charge is 2.36. The van der Waals surface area contributed by atoms with Crippen LogP contribution in [0.2, 0.25) is 0 Å². The van der Waals surface area contributed by atoms with Gasteiger partial charge < -0.3 is 9.13 Å². The van der Waals surface area contributed by atoms with Crippen LogP contribution in [0.25, 0.3) is 156 Å². The van der Waals surface area contributed by atoms with E-state index in [9.17, 15) is 10.5 Å². The third-order valence-electron chi connectivity index (χ3n) is 17.7. The van der Waals surface area contributed by atoms with Crippen LogP contribution in [0.15, 0.2) is 298 Å². The number of rotatable bonds is 11. The molecule has 6 heterocycles. The number of pyridine rings is 4. The molecule has 16 aromatic rings. The van der Waals surface area contributed by atoms with Gasteiger partial charge in [-0.05, 0) is 95.1 Å². The molecule has 0 aliphatic rings. The Bertz CT molecular complexity index is 5400. The SMILES string of the molecule is N#Cc1cc(-n2c3cc(-c4ccc(-c5ccccc5)nc4)ccc3c3ccc(-c4ccc(-c5ccccc5)nc4)cc32)c(-c2c(C#N)cccc2C(F)(F)F)cc1-n1c2cc(-c3ccc(-c4ccccc4)nc3)ccc2c2ccc(-c3ccc(-c4ccccc4)nc3)cc21. The van der Waals surface area contributed by atoms with Gasteiger partial charge in [-0.25, -0.2) is 0 Å². The normalized spacial score (nSPS) is 11.5. The van der Waals surface area contributed by atoms with Crippen LogP contribution in [0, 0.1) is 22.7 Å². The Morgan fingerprint density at radius 2 is 0.606 bits per heavy atom. The summed E-state index contributed by atoms with van der Waals surface area (Å²) in [6, 6.07) is 91.8. The molecular weight excluding hydrogens is 1170 g/mol. The fourth-order valence-electron chi connectivity index (χ4n) is 13.1. The van der Waals surface area contributed by atoms with E-state index in [0.29, 0.717) is 27.8 Å². The van der Waals surface area contributed by atoms with E-state index in [2.05, 4.69) is 12.1 Å². The van der Waals surface area contributed by atoms with E-state index < -0.39 is 11.7 Å². The van der Waals surface area contributed by atoms with Crippen molar-refractivity contribution in [3.05, 3.63) is 314 Å². The van der Waals surface area contributed by atoms with Crippen LogP contribution in [-0.2, 0) is 6.18 Å². The van der Waals surface area contributed by atoms with Gasteiger partial charge in [0.2, 0.25) is 0 Å². The average molecular weight is 1220 g/mol. The number of benzene rings is 10. The molecule has 0 aliphatic carbocycles. The summed E-state index contributed by atoms with van der Waals surface area (Å²) in [5, 5.41) is 26.3. The molecule has 94 heavy (non-hydrogen) atoms. The first kappa shape index (κ1) is 56.4. The number of halogens is 3. The van der Waals surface area contributed by atoms with Gasteiger partial charge in [-0.1, -0.05) is 200 Å². The smallest absolute Gasteiger partial charge is 0.309 e. The number of nitrogens with zero attached hydrogens (tertiary/aromatic N) is 8. The molecule has 16 rings (SSSR count). The maximum Gasteiger partial charge on any atom is 0.417 e. The molecule has 0 unspecified atom stereocenters. The molecule has 0 spiro atoms. The Balaban J connectivity index is 0.972. The molecule has 0 N–H and O–H groups in total. The van der Waals surface area contributed by atoms with Gasteiger partial charge in [-0.15, -0.1) is 0 Å². The van der Waals surface area contributed by atoms with Crippen LogP contribution in [-0.4, -0.2) is 29.1 Å². The number of hydrogen-bond donors (Lipinski definition) is 0. The molecule has 0 saturated heterocycles. The minimum Gasteiger partial charge on any atom is -0.309 e. The first-order valence-electron chi connectivity index (χ1n) is 30.6. The molecule has 10 aromatic carbocycles. The van der Waals surface area contributed by atoms with E-state index in [-0.39, 0.29) is 27.9 Å². The number of alkyl halides is 3. The standard InChI is InChI=1S/C83H49F3N8/c84-83(85,86)71-23-13-22-60(46-87)82(71)70-45-76(93-77-40-56(61-28-36-72(89-48-61)52-14-5-1-6-15-52)24-32-66(77)67-33-25-57(41-78(67)93)62-29-37-73(90-49-62)53-16-7-2-8-17-53)65(47-88)44-81(70)94-79-42-58(63-30-38-74(91-50-63)54-18-9-3-10-19-54)26-34-68(79)69-35-27-59(43-80(69)94)64-31-39-75(92-51-64)55-20-11-4-12-21-55/h1-45,48-51H. The maximum atomic E-state index is 16.2. The van der Waals surface area contributed by atoms with Crippen LogP contribution < -0.4 is 0 Å². The third kappa shape index (κ3) is 10.1. The topological polar surface area (TPSA) is 109 Å². The van der Waals surface area contributed by atoms with Crippen molar-refractivity contribution in [3.8, 4) is 124 Å². The van der Waals surface area contributed by atoms with Gasteiger partial charge in [0.1, 0.15) is 6.07 Å². The van der Waals surface area contributed by atoms with Gasteiger partial charge in [-0.2, -0.15) is 23.7 Å². The lowest BCUT2D eigenvalue weighted by Gasteiger charge is -2.22. The zero-order valence-electron chi connectivity index (χ0n) is 50.0. The van der Waals surface area contributed by atoms with Crippen molar-refractivity contribution in [2.24, 2.45) is 0 Å². The Hall–Kier alpha value is -12.8. The van der Waals surface area contributed by atoms with Crippen LogP contribution in [0.4, 0.5) is 13.2 Å². The zero-order valence-corrected chi connectivity index (χ0v) is 50.0. The molecule has 0 saturated carbocycles. The first-order chi connectivity index (χ1) is 46.1. The van der Waals surface area contributed by atoms with Gasteiger partial charge in [0.05, 0.1) is 79.0 Å². The molecule has 11 heteroatoms. The van der Waals surface area contributed by atoms with Crippen molar-refractivity contribution in [2.75, 3.05) is 0 Å². The number of aromatic nitrogens is 6. The fraction of sp³-hybridized carbons (Fsp3) is 0.0120. The number of fused-ring (bicyclic) bond motifs is 6. The van der Waals surface area contributed by atoms with Gasteiger partial charge in [-0.3, -0.25) is 19.9 Å². The summed E-state index contributed by atoms with van der Waals surface area (Å²) in [5.74, 6) is 0. The molecule has 0 radical (unpaired) electrons. The highest BCUT2D eigenvalue weighted by Crippen LogP contribution is 2.47. The van der Waals surface area contributed by atoms with Crippen molar-refractivity contribution in [2.45, 2.75) is 6.18 Å². The van der Waals surface area contributed by atoms with E-state index in [1.807, 2.05) is 277 Å². The molecule has 0 amide bonds. The first-order valence-corrected chi connectivity index (χ1v) is 30.6. The van der Waals surface area contributed by atoms with Crippen molar-refractivity contribution < 1.29 is 13.2 Å². The Morgan fingerprint density at radius 1 is 0.287 bits per heavy atom. The average Bonchev–Trinajstić information content (AvgIpc) is 1.53. The Kier molecular flexibility index (Phi) is 13.9. The van der Waals surface area contributed by atoms with Gasteiger partial charge >= 0.3 is 6.18 Å². The summed E-state index contributed by atoms with van der Waals surface area (Å²) in [7, 11) is 0. The Labute approximate surface area is 538 Å². The van der Waals surface area contributed by atoms with E-state index in [0.717, 1.165) is 117 Å². The van der Waals surface area contributed by atoms with E-state index in [1.165, 1.54) is 12.1 Å². The van der Waals surface area contributed by atoms with Crippen LogP contribution >= 0.6 is 0 Å². The number of nitriles is 2. The molecule has 0 aliphatic heterocycles. The summed E-state index contributed by atoms with van der Waals surface area (Å²) in [5.41, 5.74) is 15.4. The van der Waals surface area contributed by atoms with Crippen LogP contribution in [0.1, 0.15) is 16.7 Å². The van der Waals surface area contributed by atoms with Gasteiger partial charge in [0.25, 0.3) is 0 Å². The lowest BCUT2D eigenvalue weighted by Crippen LogP contribution is -2.11. The minimum atomic E-state index is -4.93. The van der Waals surface area contributed by atoms with Crippen molar-refractivity contribution in [3.63, 3.8) is 0 Å². The summed E-state index contributed by atoms with van der Waals surface area (Å²) < 4.78 is 52.5. The highest BCUT2D eigenvalue weighted by atomic mass is 19.4. The molecule has 442 valence electrons. The van der Waals surface area contributed by atoms with Gasteiger partial charge in [0.15, 0.2) is 0 Å². The second-order valence-electron chi connectivity index (χ2n) is 23.1. The van der Waals surface area contributed by atoms with Crippen molar-refractivity contribution >= 4 is 43.6 Å². The van der Waals surface area contributed by atoms with E-state index in [1.54, 1.807) is 12.1 Å². The van der Waals surface area contributed by atoms with E-state index in [4.69, 9.17) is 19.9 Å². The van der Waals surface area contributed by atoms with Crippen LogP contribution in [0.3, 0.4) is 0 Å². The zero-order chi connectivity index (χ0) is 63.4. The predicted octanol–water partition coefficient (Wildman–Crippen LogP) is 21.2. The summed E-state index contributed by atoms with van der Waals surface area (Å²) in [4.78, 5) is 19.5. The maximum absolute atomic E-state index is 16.2. The quantitative estimate of drug-likeness (QED) is 0.128. The van der Waals surface area contributed by atoms with Crippen molar-refractivity contribution in [1.29, 1.82) is 10.5 Å². The van der Waals surface area contributed by atoms with Gasteiger partial charge in [0, 0.05) is 102 Å². The second kappa shape index (κ2) is 23.2.